The summed E-state index contributed by atoms with van der Waals surface area (Å²) < 4.78 is 10.9. The van der Waals surface area contributed by atoms with Crippen molar-refractivity contribution in [2.75, 3.05) is 50.6 Å². The topological polar surface area (TPSA) is 71.5 Å². The van der Waals surface area contributed by atoms with Crippen LogP contribution < -0.4 is 25.0 Å². The van der Waals surface area contributed by atoms with Crippen LogP contribution in [0.15, 0.2) is 48.8 Å². The second kappa shape index (κ2) is 9.85. The Hall–Kier alpha value is -3.03. The Kier molecular flexibility index (Phi) is 6.74. The van der Waals surface area contributed by atoms with Gasteiger partial charge in [0, 0.05) is 49.3 Å². The van der Waals surface area contributed by atoms with Crippen LogP contribution in [-0.2, 0) is 0 Å². The van der Waals surface area contributed by atoms with E-state index < -0.39 is 0 Å². The lowest BCUT2D eigenvalue weighted by Gasteiger charge is -2.23. The fourth-order valence-corrected chi connectivity index (χ4v) is 3.78. The molecule has 0 radical (unpaired) electrons. The largest absolute Gasteiger partial charge is 0.495 e. The summed E-state index contributed by atoms with van der Waals surface area (Å²) in [7, 11) is 3.27. The molecule has 1 aliphatic rings. The minimum absolute atomic E-state index is 0.495. The average molecular weight is 440 g/mol. The normalized spacial score (nSPS) is 14.1. The third-order valence-electron chi connectivity index (χ3n) is 5.27. The summed E-state index contributed by atoms with van der Waals surface area (Å²) in [4.78, 5) is 11.3. The molecule has 3 aromatic rings. The number of rotatable bonds is 6. The van der Waals surface area contributed by atoms with Crippen molar-refractivity contribution in [1.82, 2.24) is 15.3 Å². The Morgan fingerprint density at radius 3 is 2.52 bits per heavy atom. The highest BCUT2D eigenvalue weighted by atomic mass is 35.5. The first-order valence-corrected chi connectivity index (χ1v) is 10.6. The number of benzene rings is 2. The van der Waals surface area contributed by atoms with Crippen molar-refractivity contribution in [3.63, 3.8) is 0 Å². The van der Waals surface area contributed by atoms with Crippen molar-refractivity contribution in [3.05, 3.63) is 53.8 Å². The van der Waals surface area contributed by atoms with Crippen molar-refractivity contribution >= 4 is 28.9 Å². The fraction of sp³-hybridized carbons (Fsp3) is 0.304. The highest BCUT2D eigenvalue weighted by Crippen LogP contribution is 2.33. The zero-order chi connectivity index (χ0) is 21.6. The van der Waals surface area contributed by atoms with E-state index in [1.165, 1.54) is 0 Å². The van der Waals surface area contributed by atoms with Gasteiger partial charge in [-0.2, -0.15) is 0 Å². The monoisotopic (exact) mass is 439 g/mol. The molecule has 1 fully saturated rings. The first kappa shape index (κ1) is 21.2. The number of methoxy groups -OCH3 is 2. The van der Waals surface area contributed by atoms with Crippen LogP contribution >= 0.6 is 11.6 Å². The van der Waals surface area contributed by atoms with Gasteiger partial charge in [-0.15, -0.1) is 0 Å². The number of hydrogen-bond donors (Lipinski definition) is 2. The predicted octanol–water partition coefficient (Wildman–Crippen LogP) is 4.36. The molecule has 1 aliphatic heterocycles. The van der Waals surface area contributed by atoms with E-state index in [1.807, 2.05) is 18.2 Å². The summed E-state index contributed by atoms with van der Waals surface area (Å²) in [6.45, 7) is 4.06. The molecule has 8 heteroatoms. The zero-order valence-corrected chi connectivity index (χ0v) is 18.4. The van der Waals surface area contributed by atoms with Gasteiger partial charge < -0.3 is 25.0 Å². The second-order valence-electron chi connectivity index (χ2n) is 7.24. The molecule has 0 spiro atoms. The molecule has 0 aliphatic carbocycles. The number of nitrogens with zero attached hydrogens (tertiary/aromatic N) is 3. The summed E-state index contributed by atoms with van der Waals surface area (Å²) >= 11 is 6.11. The molecule has 0 atom stereocenters. The van der Waals surface area contributed by atoms with Crippen LogP contribution in [0.5, 0.6) is 11.5 Å². The van der Waals surface area contributed by atoms with Gasteiger partial charge in [0.25, 0.3) is 0 Å². The molecule has 0 saturated carbocycles. The zero-order valence-electron chi connectivity index (χ0n) is 17.7. The van der Waals surface area contributed by atoms with Crippen LogP contribution in [-0.4, -0.2) is 50.4 Å². The number of anilines is 3. The highest BCUT2D eigenvalue weighted by Gasteiger charge is 2.13. The molecule has 2 aromatic carbocycles. The molecular weight excluding hydrogens is 414 g/mol. The minimum atomic E-state index is 0.495. The van der Waals surface area contributed by atoms with Gasteiger partial charge in [0.1, 0.15) is 11.5 Å². The van der Waals surface area contributed by atoms with Crippen molar-refractivity contribution in [2.45, 2.75) is 6.42 Å². The standard InChI is InChI=1S/C23H26ClN5O2/c1-30-21-12-16(4-6-19(21)24)17-14-26-23(27-15-17)28-20-7-5-18(13-22(20)31-2)29-10-3-8-25-9-11-29/h4-7,12-15,25H,3,8-11H2,1-2H3,(H,26,27,28). The summed E-state index contributed by atoms with van der Waals surface area (Å²) in [6.07, 6.45) is 4.66. The molecule has 162 valence electrons. The molecule has 0 amide bonds. The average Bonchev–Trinajstić information content (AvgIpc) is 3.10. The maximum Gasteiger partial charge on any atom is 0.227 e. The van der Waals surface area contributed by atoms with Crippen LogP contribution in [0.25, 0.3) is 11.1 Å². The second-order valence-corrected chi connectivity index (χ2v) is 7.65. The lowest BCUT2D eigenvalue weighted by molar-refractivity contribution is 0.415. The van der Waals surface area contributed by atoms with E-state index in [1.54, 1.807) is 32.7 Å². The Bertz CT molecular complexity index is 1020. The Morgan fingerprint density at radius 2 is 1.74 bits per heavy atom. The molecule has 7 nitrogen and oxygen atoms in total. The van der Waals surface area contributed by atoms with Gasteiger partial charge >= 0.3 is 0 Å². The van der Waals surface area contributed by atoms with Crippen molar-refractivity contribution < 1.29 is 9.47 Å². The van der Waals surface area contributed by atoms with Crippen LogP contribution in [0.1, 0.15) is 6.42 Å². The lowest BCUT2D eigenvalue weighted by atomic mass is 10.1. The maximum absolute atomic E-state index is 6.11. The fourth-order valence-electron chi connectivity index (χ4n) is 3.59. The first-order valence-electron chi connectivity index (χ1n) is 10.2. The molecule has 4 rings (SSSR count). The molecule has 2 heterocycles. The van der Waals surface area contributed by atoms with Crippen LogP contribution in [0.4, 0.5) is 17.3 Å². The molecule has 31 heavy (non-hydrogen) atoms. The van der Waals surface area contributed by atoms with Gasteiger partial charge in [-0.05, 0) is 42.8 Å². The van der Waals surface area contributed by atoms with E-state index in [4.69, 9.17) is 21.1 Å². The molecule has 0 bridgehead atoms. The SMILES string of the molecule is COc1cc(-c2cnc(Nc3ccc(N4CCCNCC4)cc3OC)nc2)ccc1Cl. The molecule has 1 aromatic heterocycles. The van der Waals surface area contributed by atoms with Crippen molar-refractivity contribution in [3.8, 4) is 22.6 Å². The van der Waals surface area contributed by atoms with Gasteiger partial charge in [0.05, 0.1) is 24.9 Å². The maximum atomic E-state index is 6.11. The Labute approximate surface area is 187 Å². The molecule has 0 unspecified atom stereocenters. The lowest BCUT2D eigenvalue weighted by Crippen LogP contribution is -2.27. The van der Waals surface area contributed by atoms with E-state index >= 15 is 0 Å². The smallest absolute Gasteiger partial charge is 0.227 e. The number of ether oxygens (including phenoxy) is 2. The third kappa shape index (κ3) is 5.00. The third-order valence-corrected chi connectivity index (χ3v) is 5.59. The van der Waals surface area contributed by atoms with Gasteiger partial charge in [-0.1, -0.05) is 17.7 Å². The Morgan fingerprint density at radius 1 is 0.935 bits per heavy atom. The quantitative estimate of drug-likeness (QED) is 0.591. The number of nitrogens with one attached hydrogen (secondary N) is 2. The van der Waals surface area contributed by atoms with Crippen LogP contribution in [0.2, 0.25) is 5.02 Å². The summed E-state index contributed by atoms with van der Waals surface area (Å²) in [5.41, 5.74) is 3.78. The van der Waals surface area contributed by atoms with Crippen LogP contribution in [0.3, 0.4) is 0 Å². The summed E-state index contributed by atoms with van der Waals surface area (Å²) in [5, 5.41) is 7.25. The van der Waals surface area contributed by atoms with E-state index in [-0.39, 0.29) is 0 Å². The van der Waals surface area contributed by atoms with Gasteiger partial charge in [-0.3, -0.25) is 0 Å². The highest BCUT2D eigenvalue weighted by molar-refractivity contribution is 6.32. The minimum Gasteiger partial charge on any atom is -0.495 e. The van der Waals surface area contributed by atoms with E-state index in [0.29, 0.717) is 16.7 Å². The van der Waals surface area contributed by atoms with E-state index in [2.05, 4.69) is 37.6 Å². The first-order chi connectivity index (χ1) is 15.2. The van der Waals surface area contributed by atoms with Crippen molar-refractivity contribution in [2.24, 2.45) is 0 Å². The van der Waals surface area contributed by atoms with Gasteiger partial charge in [0.15, 0.2) is 0 Å². The number of aromatic nitrogens is 2. The number of halogens is 1. The van der Waals surface area contributed by atoms with Crippen LogP contribution in [0, 0.1) is 0 Å². The van der Waals surface area contributed by atoms with Gasteiger partial charge in [-0.25, -0.2) is 9.97 Å². The van der Waals surface area contributed by atoms with Crippen molar-refractivity contribution in [1.29, 1.82) is 0 Å². The van der Waals surface area contributed by atoms with Gasteiger partial charge in [0.2, 0.25) is 5.95 Å². The molecular formula is C23H26ClN5O2. The van der Waals surface area contributed by atoms with E-state index in [0.717, 1.165) is 60.9 Å². The molecule has 1 saturated heterocycles. The Balaban J connectivity index is 1.51. The summed E-state index contributed by atoms with van der Waals surface area (Å²) in [5.74, 6) is 1.87. The summed E-state index contributed by atoms with van der Waals surface area (Å²) in [6, 6.07) is 11.8. The van der Waals surface area contributed by atoms with E-state index in [9.17, 15) is 0 Å². The molecule has 2 N–H and O–H groups in total. The number of hydrogen-bond acceptors (Lipinski definition) is 7. The predicted molar refractivity (Wildman–Crippen MR) is 125 cm³/mol.